The van der Waals surface area contributed by atoms with Crippen molar-refractivity contribution in [3.63, 3.8) is 0 Å². The molecule has 3 rings (SSSR count). The summed E-state index contributed by atoms with van der Waals surface area (Å²) in [5.41, 5.74) is 2.13. The number of carbonyl (C=O) groups excluding carboxylic acids is 3. The fourth-order valence-electron chi connectivity index (χ4n) is 3.89. The largest absolute Gasteiger partial charge is 0.494 e. The number of rotatable bonds is 11. The molecule has 0 aromatic heterocycles. The maximum absolute atomic E-state index is 12.8. The zero-order valence-corrected chi connectivity index (χ0v) is 20.9. The van der Waals surface area contributed by atoms with Crippen LogP contribution in [0.2, 0.25) is 0 Å². The molecule has 0 aliphatic carbocycles. The molecule has 1 saturated heterocycles. The first-order valence-electron chi connectivity index (χ1n) is 11.9. The van der Waals surface area contributed by atoms with Gasteiger partial charge in [-0.3, -0.25) is 24.7 Å². The van der Waals surface area contributed by atoms with E-state index in [2.05, 4.69) is 17.6 Å². The van der Waals surface area contributed by atoms with Gasteiger partial charge in [0.05, 0.1) is 6.61 Å². The number of fused-ring (bicyclic) bond motifs is 1. The molecule has 1 fully saturated rings. The lowest BCUT2D eigenvalue weighted by Crippen LogP contribution is -2.71. The zero-order chi connectivity index (χ0) is 24.7. The van der Waals surface area contributed by atoms with Crippen molar-refractivity contribution >= 4 is 35.3 Å². The topological polar surface area (TPSA) is 112 Å². The third kappa shape index (κ3) is 6.20. The molecule has 2 aliphatic rings. The summed E-state index contributed by atoms with van der Waals surface area (Å²) in [5, 5.41) is 13.0. The van der Waals surface area contributed by atoms with Gasteiger partial charge in [-0.25, -0.2) is 0 Å². The summed E-state index contributed by atoms with van der Waals surface area (Å²) in [5.74, 6) is 0.651. The minimum atomic E-state index is -0.641. The van der Waals surface area contributed by atoms with Crippen LogP contribution in [0.25, 0.3) is 0 Å². The molecule has 0 saturated carbocycles. The number of carbonyl (C=O) groups is 3. The second-order valence-corrected chi connectivity index (χ2v) is 9.72. The summed E-state index contributed by atoms with van der Waals surface area (Å²) in [6.07, 6.45) is 4.16. The monoisotopic (exact) mass is 486 g/mol. The summed E-state index contributed by atoms with van der Waals surface area (Å²) < 4.78 is 5.66. The first-order valence-corrected chi connectivity index (χ1v) is 12.9. The van der Waals surface area contributed by atoms with Crippen molar-refractivity contribution in [1.29, 1.82) is 5.41 Å². The van der Waals surface area contributed by atoms with Crippen molar-refractivity contribution in [2.75, 3.05) is 12.4 Å². The van der Waals surface area contributed by atoms with Gasteiger partial charge in [-0.15, -0.1) is 11.8 Å². The van der Waals surface area contributed by atoms with Crippen LogP contribution in [0, 0.1) is 5.41 Å². The van der Waals surface area contributed by atoms with Gasteiger partial charge in [0.1, 0.15) is 28.7 Å². The van der Waals surface area contributed by atoms with Gasteiger partial charge in [-0.1, -0.05) is 32.4 Å². The number of amides is 3. The Kier molecular flexibility index (Phi) is 9.15. The maximum Gasteiger partial charge on any atom is 0.273 e. The van der Waals surface area contributed by atoms with Crippen LogP contribution >= 0.6 is 11.8 Å². The highest BCUT2D eigenvalue weighted by atomic mass is 32.2. The van der Waals surface area contributed by atoms with Gasteiger partial charge in [0.15, 0.2) is 0 Å². The van der Waals surface area contributed by atoms with E-state index in [1.165, 1.54) is 16.7 Å². The number of nitrogens with one attached hydrogen (secondary N) is 3. The van der Waals surface area contributed by atoms with E-state index in [0.717, 1.165) is 36.1 Å². The van der Waals surface area contributed by atoms with Gasteiger partial charge in [0.2, 0.25) is 5.91 Å². The molecule has 2 heterocycles. The Morgan fingerprint density at radius 1 is 1.18 bits per heavy atom. The highest BCUT2D eigenvalue weighted by molar-refractivity contribution is 8.00. The number of hydrogen-bond acceptors (Lipinski definition) is 6. The van der Waals surface area contributed by atoms with Crippen LogP contribution in [0.3, 0.4) is 0 Å². The Morgan fingerprint density at radius 3 is 2.59 bits per heavy atom. The van der Waals surface area contributed by atoms with E-state index in [4.69, 9.17) is 10.1 Å². The predicted molar refractivity (Wildman–Crippen MR) is 134 cm³/mol. The molecule has 1 aromatic carbocycles. The minimum absolute atomic E-state index is 0.140. The molecular weight excluding hydrogens is 452 g/mol. The summed E-state index contributed by atoms with van der Waals surface area (Å²) in [4.78, 5) is 39.5. The molecule has 2 atom stereocenters. The molecule has 0 unspecified atom stereocenters. The van der Waals surface area contributed by atoms with E-state index < -0.39 is 11.9 Å². The third-order valence-corrected chi connectivity index (χ3v) is 7.21. The minimum Gasteiger partial charge on any atom is -0.494 e. The van der Waals surface area contributed by atoms with Gasteiger partial charge < -0.3 is 15.4 Å². The van der Waals surface area contributed by atoms with Crippen LogP contribution in [0.1, 0.15) is 58.4 Å². The quantitative estimate of drug-likeness (QED) is 0.192. The molecule has 8 nitrogen and oxygen atoms in total. The van der Waals surface area contributed by atoms with Gasteiger partial charge in [-0.05, 0) is 49.5 Å². The standard InChI is InChI=1S/C25H34N4O4S/c1-4-6-14-33-18-11-8-17(9-12-18)10-13-20(30)28-21-24(32)29-22(16(3)15-34-25(21)29)23(31)27-19(26)7-5-2/h8-9,11-12,21,25H,4-7,10,13-15H2,1-3H3,(H,28,30)(H2,26,27,31)/t21-,25-/m1/s1. The lowest BCUT2D eigenvalue weighted by molar-refractivity contribution is -0.147. The Balaban J connectivity index is 1.51. The third-order valence-electron chi connectivity index (χ3n) is 5.79. The molecule has 184 valence electrons. The van der Waals surface area contributed by atoms with Gasteiger partial charge >= 0.3 is 0 Å². The maximum atomic E-state index is 12.8. The normalized spacial score (nSPS) is 19.3. The van der Waals surface area contributed by atoms with Crippen LogP contribution in [0.5, 0.6) is 5.75 Å². The fraction of sp³-hybridized carbons (Fsp3) is 0.520. The van der Waals surface area contributed by atoms with E-state index in [1.54, 1.807) is 0 Å². The summed E-state index contributed by atoms with van der Waals surface area (Å²) >= 11 is 1.53. The van der Waals surface area contributed by atoms with E-state index >= 15 is 0 Å². The Hall–Kier alpha value is -2.81. The number of unbranched alkanes of at least 4 members (excludes halogenated alkanes) is 1. The molecule has 9 heteroatoms. The van der Waals surface area contributed by atoms with E-state index in [1.807, 2.05) is 38.1 Å². The molecule has 2 aliphatic heterocycles. The van der Waals surface area contributed by atoms with Crippen molar-refractivity contribution in [1.82, 2.24) is 15.5 Å². The molecule has 3 amide bonds. The summed E-state index contributed by atoms with van der Waals surface area (Å²) in [6.45, 7) is 6.57. The molecule has 0 bridgehead atoms. The number of benzene rings is 1. The van der Waals surface area contributed by atoms with E-state index in [-0.39, 0.29) is 29.4 Å². The van der Waals surface area contributed by atoms with Gasteiger partial charge in [0.25, 0.3) is 11.8 Å². The van der Waals surface area contributed by atoms with Crippen LogP contribution in [0.4, 0.5) is 0 Å². The molecular formula is C25H34N4O4S. The first-order chi connectivity index (χ1) is 16.3. The fourth-order valence-corrected chi connectivity index (χ4v) is 5.18. The second kappa shape index (κ2) is 12.1. The average Bonchev–Trinajstić information content (AvgIpc) is 2.82. The number of aryl methyl sites for hydroxylation is 1. The number of nitrogens with zero attached hydrogens (tertiary/aromatic N) is 1. The van der Waals surface area contributed by atoms with Crippen molar-refractivity contribution in [3.05, 3.63) is 41.1 Å². The first kappa shape index (κ1) is 25.8. The highest BCUT2D eigenvalue weighted by Gasteiger charge is 2.53. The van der Waals surface area contributed by atoms with Gasteiger partial charge in [0, 0.05) is 18.6 Å². The predicted octanol–water partition coefficient (Wildman–Crippen LogP) is 3.37. The SMILES string of the molecule is CCCCOc1ccc(CCC(=O)N[C@@H]2C(=O)N3C(C(=O)NC(=N)CCC)=C(C)CS[C@H]23)cc1. The van der Waals surface area contributed by atoms with Crippen LogP contribution in [-0.2, 0) is 20.8 Å². The average molecular weight is 487 g/mol. The smallest absolute Gasteiger partial charge is 0.273 e. The van der Waals surface area contributed by atoms with Crippen LogP contribution < -0.4 is 15.4 Å². The number of ether oxygens (including phenoxy) is 1. The molecule has 1 aromatic rings. The summed E-state index contributed by atoms with van der Waals surface area (Å²) in [7, 11) is 0. The Morgan fingerprint density at radius 2 is 1.91 bits per heavy atom. The van der Waals surface area contributed by atoms with Crippen LogP contribution in [-0.4, -0.2) is 52.2 Å². The molecule has 0 radical (unpaired) electrons. The second-order valence-electron chi connectivity index (χ2n) is 8.61. The Labute approximate surface area is 205 Å². The van der Waals surface area contributed by atoms with Crippen molar-refractivity contribution in [2.24, 2.45) is 0 Å². The number of hydrogen-bond donors (Lipinski definition) is 3. The van der Waals surface area contributed by atoms with Crippen LogP contribution in [0.15, 0.2) is 35.5 Å². The Bertz CT molecular complexity index is 960. The lowest BCUT2D eigenvalue weighted by Gasteiger charge is -2.49. The summed E-state index contributed by atoms with van der Waals surface area (Å²) in [6, 6.07) is 7.09. The van der Waals surface area contributed by atoms with E-state index in [0.29, 0.717) is 30.9 Å². The lowest BCUT2D eigenvalue weighted by atomic mass is 10.0. The van der Waals surface area contributed by atoms with E-state index in [9.17, 15) is 14.4 Å². The molecule has 0 spiro atoms. The molecule has 3 N–H and O–H groups in total. The molecule has 34 heavy (non-hydrogen) atoms. The number of amidine groups is 1. The van der Waals surface area contributed by atoms with Crippen molar-refractivity contribution in [3.8, 4) is 5.75 Å². The zero-order valence-electron chi connectivity index (χ0n) is 20.1. The highest BCUT2D eigenvalue weighted by Crippen LogP contribution is 2.40. The number of thioether (sulfide) groups is 1. The number of β-lactam (4-membered cyclic amide) rings is 1. The van der Waals surface area contributed by atoms with Gasteiger partial charge in [-0.2, -0.15) is 0 Å². The van der Waals surface area contributed by atoms with Crippen molar-refractivity contribution < 1.29 is 19.1 Å². The van der Waals surface area contributed by atoms with Crippen molar-refractivity contribution in [2.45, 2.75) is 70.7 Å².